The summed E-state index contributed by atoms with van der Waals surface area (Å²) in [7, 11) is 0. The van der Waals surface area contributed by atoms with Crippen LogP contribution in [-0.4, -0.2) is 17.5 Å². The topological polar surface area (TPSA) is 29.5 Å². The van der Waals surface area contributed by atoms with Crippen molar-refractivity contribution in [3.8, 4) is 0 Å². The highest BCUT2D eigenvalue weighted by Crippen LogP contribution is 2.17. The van der Waals surface area contributed by atoms with E-state index in [1.165, 1.54) is 0 Å². The summed E-state index contributed by atoms with van der Waals surface area (Å²) in [6.45, 7) is 1.95. The fourth-order valence-electron chi connectivity index (χ4n) is 1.00. The zero-order valence-corrected chi connectivity index (χ0v) is 5.58. The smallest absolute Gasteiger partial charge is 0.155 e. The molecule has 0 bridgehead atoms. The van der Waals surface area contributed by atoms with E-state index in [2.05, 4.69) is 0 Å². The molecule has 1 heterocycles. The largest absolute Gasteiger partial charge is 0.368 e. The Balaban J connectivity index is 2.30. The van der Waals surface area contributed by atoms with Crippen LogP contribution in [0, 0.1) is 0 Å². The normalized spacial score (nSPS) is 36.2. The molecule has 9 heavy (non-hydrogen) atoms. The Morgan fingerprint density at radius 1 is 1.56 bits per heavy atom. The fourth-order valence-corrected chi connectivity index (χ4v) is 1.00. The summed E-state index contributed by atoms with van der Waals surface area (Å²) in [5.41, 5.74) is 0. The van der Waals surface area contributed by atoms with E-state index in [-0.39, 0.29) is 6.10 Å². The average Bonchev–Trinajstić information content (AvgIpc) is 2.17. The lowest BCUT2D eigenvalue weighted by molar-refractivity contribution is -0.0778. The molecule has 1 aliphatic heterocycles. The summed E-state index contributed by atoms with van der Waals surface area (Å²) in [6.07, 6.45) is 5.27. The molecule has 52 valence electrons. The number of hydrogen-bond acceptors (Lipinski definition) is 2. The Hall–Kier alpha value is -0.340. The number of aliphatic hydroxyl groups excluding tert-OH is 1. The molecule has 2 nitrogen and oxygen atoms in total. The molecule has 0 spiro atoms. The lowest BCUT2D eigenvalue weighted by Crippen LogP contribution is -2.06. The van der Waals surface area contributed by atoms with Crippen LogP contribution in [0.15, 0.2) is 12.2 Å². The van der Waals surface area contributed by atoms with E-state index in [1.54, 1.807) is 0 Å². The maximum Gasteiger partial charge on any atom is 0.155 e. The first kappa shape index (κ1) is 6.78. The van der Waals surface area contributed by atoms with Gasteiger partial charge in [-0.3, -0.25) is 0 Å². The van der Waals surface area contributed by atoms with Gasteiger partial charge in [-0.1, -0.05) is 12.2 Å². The maximum atomic E-state index is 8.87. The third-order valence-electron chi connectivity index (χ3n) is 1.44. The molecule has 1 rings (SSSR count). The van der Waals surface area contributed by atoms with Gasteiger partial charge < -0.3 is 9.84 Å². The molecule has 0 unspecified atom stereocenters. The molecule has 0 aromatic carbocycles. The third kappa shape index (κ3) is 1.80. The van der Waals surface area contributed by atoms with Gasteiger partial charge in [0.25, 0.3) is 0 Å². The van der Waals surface area contributed by atoms with Crippen molar-refractivity contribution in [2.45, 2.75) is 32.2 Å². The lowest BCUT2D eigenvalue weighted by Gasteiger charge is -2.02. The first-order valence-corrected chi connectivity index (χ1v) is 3.29. The van der Waals surface area contributed by atoms with Gasteiger partial charge >= 0.3 is 0 Å². The average molecular weight is 128 g/mol. The van der Waals surface area contributed by atoms with Crippen molar-refractivity contribution >= 4 is 0 Å². The Bertz CT molecular complexity index is 109. The van der Waals surface area contributed by atoms with E-state index in [0.29, 0.717) is 0 Å². The summed E-state index contributed by atoms with van der Waals surface area (Å²) >= 11 is 0. The fraction of sp³-hybridized carbons (Fsp3) is 0.714. The predicted octanol–water partition coefficient (Wildman–Crippen LogP) is 1.06. The van der Waals surface area contributed by atoms with Gasteiger partial charge in [0.1, 0.15) is 0 Å². The summed E-state index contributed by atoms with van der Waals surface area (Å²) in [4.78, 5) is 0. The van der Waals surface area contributed by atoms with E-state index in [4.69, 9.17) is 9.84 Å². The van der Waals surface area contributed by atoms with Gasteiger partial charge in [0.15, 0.2) is 6.29 Å². The Morgan fingerprint density at radius 3 is 2.78 bits per heavy atom. The minimum absolute atomic E-state index is 0.157. The Morgan fingerprint density at radius 2 is 2.33 bits per heavy atom. The van der Waals surface area contributed by atoms with Crippen molar-refractivity contribution in [2.24, 2.45) is 0 Å². The first-order valence-electron chi connectivity index (χ1n) is 3.29. The first-order chi connectivity index (χ1) is 4.33. The van der Waals surface area contributed by atoms with Crippen LogP contribution in [0.2, 0.25) is 0 Å². The summed E-state index contributed by atoms with van der Waals surface area (Å²) in [5.74, 6) is 0. The zero-order chi connectivity index (χ0) is 6.69. The van der Waals surface area contributed by atoms with Gasteiger partial charge in [-0.05, 0) is 13.3 Å². The van der Waals surface area contributed by atoms with Gasteiger partial charge in [0, 0.05) is 6.42 Å². The monoisotopic (exact) mass is 128 g/mol. The molecule has 0 aromatic heterocycles. The summed E-state index contributed by atoms with van der Waals surface area (Å²) < 4.78 is 5.07. The van der Waals surface area contributed by atoms with Crippen molar-refractivity contribution in [1.82, 2.24) is 0 Å². The molecule has 2 atom stereocenters. The number of ether oxygens (including phenoxy) is 1. The van der Waals surface area contributed by atoms with Crippen LogP contribution in [0.25, 0.3) is 0 Å². The zero-order valence-electron chi connectivity index (χ0n) is 5.58. The lowest BCUT2D eigenvalue weighted by atomic mass is 10.2. The highest BCUT2D eigenvalue weighted by Gasteiger charge is 2.19. The second kappa shape index (κ2) is 2.99. The highest BCUT2D eigenvalue weighted by atomic mass is 16.6. The van der Waals surface area contributed by atoms with Crippen molar-refractivity contribution in [2.75, 3.05) is 0 Å². The van der Waals surface area contributed by atoms with Crippen LogP contribution in [0.4, 0.5) is 0 Å². The van der Waals surface area contributed by atoms with Crippen LogP contribution < -0.4 is 0 Å². The molecule has 0 saturated carbocycles. The quantitative estimate of drug-likeness (QED) is 0.535. The molecule has 1 fully saturated rings. The van der Waals surface area contributed by atoms with Crippen LogP contribution >= 0.6 is 0 Å². The number of hydrogen-bond donors (Lipinski definition) is 1. The number of rotatable bonds is 1. The molecule has 0 aliphatic carbocycles. The molecule has 1 aliphatic rings. The minimum Gasteiger partial charge on any atom is -0.368 e. The van der Waals surface area contributed by atoms with Gasteiger partial charge in [0.05, 0.1) is 6.10 Å². The molecule has 1 N–H and O–H groups in total. The molecular weight excluding hydrogens is 116 g/mol. The molecule has 2 heteroatoms. The van der Waals surface area contributed by atoms with E-state index in [9.17, 15) is 0 Å². The SMILES string of the molecule is C/C=C\[C@H]1CC[C@@H](O)O1. The number of allylic oxidation sites excluding steroid dienone is 1. The second-order valence-corrected chi connectivity index (χ2v) is 2.23. The molecule has 0 radical (unpaired) electrons. The third-order valence-corrected chi connectivity index (χ3v) is 1.44. The van der Waals surface area contributed by atoms with Crippen molar-refractivity contribution in [1.29, 1.82) is 0 Å². The van der Waals surface area contributed by atoms with E-state index < -0.39 is 6.29 Å². The van der Waals surface area contributed by atoms with Crippen LogP contribution in [0.3, 0.4) is 0 Å². The maximum absolute atomic E-state index is 8.87. The molecule has 1 saturated heterocycles. The van der Waals surface area contributed by atoms with Crippen molar-refractivity contribution in [3.05, 3.63) is 12.2 Å². The van der Waals surface area contributed by atoms with Crippen LogP contribution in [0.5, 0.6) is 0 Å². The van der Waals surface area contributed by atoms with E-state index in [0.717, 1.165) is 12.8 Å². The Labute approximate surface area is 55.1 Å². The standard InChI is InChI=1S/C7H12O2/c1-2-3-6-4-5-7(8)9-6/h2-3,6-8H,4-5H2,1H3/b3-2-/t6-,7-/m0/s1. The summed E-state index contributed by atoms with van der Waals surface area (Å²) in [6, 6.07) is 0. The van der Waals surface area contributed by atoms with Crippen molar-refractivity contribution in [3.63, 3.8) is 0 Å². The van der Waals surface area contributed by atoms with Gasteiger partial charge in [-0.15, -0.1) is 0 Å². The van der Waals surface area contributed by atoms with Gasteiger partial charge in [-0.2, -0.15) is 0 Å². The predicted molar refractivity (Wildman–Crippen MR) is 34.9 cm³/mol. The van der Waals surface area contributed by atoms with Crippen LogP contribution in [0.1, 0.15) is 19.8 Å². The van der Waals surface area contributed by atoms with Gasteiger partial charge in [0.2, 0.25) is 0 Å². The minimum atomic E-state index is -0.522. The van der Waals surface area contributed by atoms with E-state index in [1.807, 2.05) is 19.1 Å². The number of aliphatic hydroxyl groups is 1. The van der Waals surface area contributed by atoms with Gasteiger partial charge in [-0.25, -0.2) is 0 Å². The molecule has 0 aromatic rings. The van der Waals surface area contributed by atoms with Crippen molar-refractivity contribution < 1.29 is 9.84 Å². The second-order valence-electron chi connectivity index (χ2n) is 2.23. The van der Waals surface area contributed by atoms with Crippen LogP contribution in [-0.2, 0) is 4.74 Å². The molecular formula is C7H12O2. The van der Waals surface area contributed by atoms with E-state index >= 15 is 0 Å². The Kier molecular flexibility index (Phi) is 2.25. The highest BCUT2D eigenvalue weighted by molar-refractivity contribution is 4.89. The summed E-state index contributed by atoms with van der Waals surface area (Å²) in [5, 5.41) is 8.87. The molecule has 0 amide bonds.